The number of carbonyl (C=O) groups is 1. The van der Waals surface area contributed by atoms with Crippen molar-refractivity contribution in [2.24, 2.45) is 16.2 Å². The highest BCUT2D eigenvalue weighted by atomic mass is 35.5. The summed E-state index contributed by atoms with van der Waals surface area (Å²) in [6.07, 6.45) is 8.97. The van der Waals surface area contributed by atoms with Crippen LogP contribution < -0.4 is 9.64 Å². The first-order chi connectivity index (χ1) is 18.5. The molecule has 1 aliphatic carbocycles. The van der Waals surface area contributed by atoms with Crippen molar-refractivity contribution in [3.63, 3.8) is 0 Å². The number of amides is 1. The van der Waals surface area contributed by atoms with E-state index in [2.05, 4.69) is 33.5 Å². The van der Waals surface area contributed by atoms with Crippen LogP contribution in [0.4, 0.5) is 5.69 Å². The number of hydrogen-bond donors (Lipinski definition) is 0. The van der Waals surface area contributed by atoms with E-state index in [4.69, 9.17) is 21.1 Å². The molecule has 2 aromatic rings. The maximum Gasteiger partial charge on any atom is 0.254 e. The van der Waals surface area contributed by atoms with E-state index in [0.717, 1.165) is 54.4 Å². The van der Waals surface area contributed by atoms with Crippen molar-refractivity contribution in [3.05, 3.63) is 70.3 Å². The summed E-state index contributed by atoms with van der Waals surface area (Å²) in [5.74, 6) is 2.95. The number of carbonyl (C=O) groups excluding carboxylic acids is 1. The number of benzene rings is 2. The van der Waals surface area contributed by atoms with Gasteiger partial charge in [0.2, 0.25) is 0 Å². The number of methoxy groups -OCH3 is 1. The molecule has 2 bridgehead atoms. The lowest BCUT2D eigenvalue weighted by Gasteiger charge is -2.43. The summed E-state index contributed by atoms with van der Waals surface area (Å²) in [4.78, 5) is 15.4. The van der Waals surface area contributed by atoms with Gasteiger partial charge in [0, 0.05) is 36.5 Å². The molecule has 1 amide bonds. The van der Waals surface area contributed by atoms with Crippen LogP contribution in [0.2, 0.25) is 5.02 Å². The molecular formula is C29H34ClN2O4S2-. The zero-order chi connectivity index (χ0) is 26.5. The minimum absolute atomic E-state index is 0.0481. The van der Waals surface area contributed by atoms with Gasteiger partial charge >= 0.3 is 0 Å². The molecule has 2 heterocycles. The Labute approximate surface area is 236 Å². The van der Waals surface area contributed by atoms with Crippen molar-refractivity contribution < 1.29 is 18.5 Å². The SMILES string of the molecule is COC1C=CCCC[S-](=O)=NC(=O)c2ccc3c(c2)N(Cc2ccc(Cl)cc2CCSCO3)CC2CCC21. The van der Waals surface area contributed by atoms with Crippen LogP contribution >= 0.6 is 23.4 Å². The van der Waals surface area contributed by atoms with E-state index in [1.807, 2.05) is 18.2 Å². The zero-order valence-corrected chi connectivity index (χ0v) is 24.0. The molecule has 9 heteroatoms. The molecule has 3 unspecified atom stereocenters. The van der Waals surface area contributed by atoms with Gasteiger partial charge in [0.1, 0.15) is 11.7 Å². The van der Waals surface area contributed by atoms with Crippen molar-refractivity contribution in [1.82, 2.24) is 0 Å². The third-order valence-corrected chi connectivity index (χ3v) is 9.73. The second-order valence-corrected chi connectivity index (χ2v) is 12.8. The van der Waals surface area contributed by atoms with Crippen molar-refractivity contribution in [2.45, 2.75) is 44.8 Å². The number of fused-ring (bicyclic) bond motifs is 3. The molecule has 0 saturated heterocycles. The van der Waals surface area contributed by atoms with E-state index in [1.165, 1.54) is 11.1 Å². The molecule has 3 aliphatic rings. The lowest BCUT2D eigenvalue weighted by atomic mass is 9.70. The highest BCUT2D eigenvalue weighted by Crippen LogP contribution is 2.42. The summed E-state index contributed by atoms with van der Waals surface area (Å²) in [5.41, 5.74) is 3.75. The molecule has 6 nitrogen and oxygen atoms in total. The Morgan fingerprint density at radius 2 is 2.08 bits per heavy atom. The van der Waals surface area contributed by atoms with Crippen molar-refractivity contribution in [1.29, 1.82) is 0 Å². The molecule has 0 spiro atoms. The Balaban J connectivity index is 1.60. The van der Waals surface area contributed by atoms with Gasteiger partial charge in [-0.2, -0.15) is 10.6 Å². The van der Waals surface area contributed by atoms with Crippen molar-refractivity contribution in [2.75, 3.05) is 36.0 Å². The minimum Gasteiger partial charge on any atom is -0.481 e. The monoisotopic (exact) mass is 573 g/mol. The first-order valence-corrected chi connectivity index (χ1v) is 16.0. The van der Waals surface area contributed by atoms with Crippen LogP contribution in [-0.4, -0.2) is 43.1 Å². The predicted octanol–water partition coefficient (Wildman–Crippen LogP) is 6.65. The molecule has 0 radical (unpaired) electrons. The first-order valence-electron chi connectivity index (χ1n) is 13.2. The number of anilines is 1. The predicted molar refractivity (Wildman–Crippen MR) is 156 cm³/mol. The van der Waals surface area contributed by atoms with Crippen LogP contribution in [-0.2, 0) is 32.5 Å². The van der Waals surface area contributed by atoms with E-state index in [9.17, 15) is 9.00 Å². The van der Waals surface area contributed by atoms with Crippen LogP contribution in [0, 0.1) is 11.8 Å². The number of hydrogen-bond acceptors (Lipinski definition) is 7. The molecule has 2 aromatic carbocycles. The zero-order valence-electron chi connectivity index (χ0n) is 21.6. The quantitative estimate of drug-likeness (QED) is 0.281. The summed E-state index contributed by atoms with van der Waals surface area (Å²) >= 11 is 8.12. The molecule has 5 rings (SSSR count). The Bertz CT molecular complexity index is 1280. The Kier molecular flexibility index (Phi) is 9.36. The van der Waals surface area contributed by atoms with Gasteiger partial charge in [-0.25, -0.2) is 0 Å². The largest absolute Gasteiger partial charge is 0.481 e. The fourth-order valence-corrected chi connectivity index (χ4v) is 7.16. The summed E-state index contributed by atoms with van der Waals surface area (Å²) in [6.45, 7) is 1.48. The summed E-state index contributed by atoms with van der Waals surface area (Å²) in [7, 11) is 0.218. The lowest BCUT2D eigenvalue weighted by Crippen LogP contribution is -2.43. The number of rotatable bonds is 1. The van der Waals surface area contributed by atoms with Crippen LogP contribution in [0.1, 0.15) is 47.2 Å². The second kappa shape index (κ2) is 12.9. The van der Waals surface area contributed by atoms with Gasteiger partial charge in [-0.1, -0.05) is 42.0 Å². The lowest BCUT2D eigenvalue weighted by molar-refractivity contribution is 0.0134. The van der Waals surface area contributed by atoms with E-state index in [0.29, 0.717) is 42.1 Å². The number of aryl methyl sites for hydroxylation is 1. The molecule has 0 aromatic heterocycles. The topological polar surface area (TPSA) is 68.2 Å². The Morgan fingerprint density at radius 1 is 1.18 bits per heavy atom. The highest BCUT2D eigenvalue weighted by Gasteiger charge is 2.37. The fourth-order valence-electron chi connectivity index (χ4n) is 5.48. The fraction of sp³-hybridized carbons (Fsp3) is 0.483. The molecule has 0 N–H and O–H groups in total. The van der Waals surface area contributed by atoms with Gasteiger partial charge in [0.25, 0.3) is 5.91 Å². The van der Waals surface area contributed by atoms with Crippen LogP contribution in [0.3, 0.4) is 0 Å². The van der Waals surface area contributed by atoms with E-state index in [1.54, 1.807) is 24.9 Å². The Hall–Kier alpha value is -2.00. The molecule has 1 fully saturated rings. The number of halogens is 1. The Morgan fingerprint density at radius 3 is 2.89 bits per heavy atom. The van der Waals surface area contributed by atoms with Gasteiger partial charge in [-0.05, 0) is 79.0 Å². The molecule has 1 saturated carbocycles. The van der Waals surface area contributed by atoms with Crippen LogP contribution in [0.15, 0.2) is 52.9 Å². The number of nitrogens with zero attached hydrogens (tertiary/aromatic N) is 2. The van der Waals surface area contributed by atoms with Crippen molar-refractivity contribution >= 4 is 45.6 Å². The molecule has 2 aliphatic heterocycles. The normalized spacial score (nSPS) is 25.2. The molecule has 3 atom stereocenters. The molecular weight excluding hydrogens is 540 g/mol. The van der Waals surface area contributed by atoms with Gasteiger partial charge in [0.05, 0.1) is 11.8 Å². The third kappa shape index (κ3) is 6.58. The highest BCUT2D eigenvalue weighted by molar-refractivity contribution is 7.99. The average molecular weight is 574 g/mol. The molecule has 38 heavy (non-hydrogen) atoms. The van der Waals surface area contributed by atoms with Crippen LogP contribution in [0.5, 0.6) is 5.75 Å². The van der Waals surface area contributed by atoms with Gasteiger partial charge in [0.15, 0.2) is 0 Å². The van der Waals surface area contributed by atoms with Gasteiger partial charge in [-0.15, -0.1) is 11.8 Å². The van der Waals surface area contributed by atoms with E-state index >= 15 is 0 Å². The van der Waals surface area contributed by atoms with Gasteiger partial charge < -0.3 is 22.9 Å². The molecule has 204 valence electrons. The smallest absolute Gasteiger partial charge is 0.254 e. The summed E-state index contributed by atoms with van der Waals surface area (Å²) in [5, 5.41) is 0.740. The standard InChI is InChI=1S/C29H34ClN2O4S2/c1-35-27-5-3-2-4-14-38(34)31-29(33)21-8-11-28-26(16-21)32(18-23-7-10-25(23)27)17-22-6-9-24(30)15-20(22)12-13-37-19-36-28/h3,5-6,8-9,11,15-16,23,25,27H,2,4,7,10,12-14,17-19H2,1H3/q-1. The maximum absolute atomic E-state index is 13.0. The number of allylic oxidation sites excluding steroid dienone is 1. The minimum atomic E-state index is -1.56. The van der Waals surface area contributed by atoms with E-state index < -0.39 is 16.5 Å². The summed E-state index contributed by atoms with van der Waals surface area (Å²) in [6, 6.07) is 11.6. The number of ether oxygens (including phenoxy) is 2. The van der Waals surface area contributed by atoms with E-state index in [-0.39, 0.29) is 6.10 Å². The first kappa shape index (κ1) is 27.6. The number of thioether (sulfide) groups is 1. The van der Waals surface area contributed by atoms with Gasteiger partial charge in [-0.3, -0.25) is 4.79 Å². The second-order valence-electron chi connectivity index (χ2n) is 10.1. The summed E-state index contributed by atoms with van der Waals surface area (Å²) < 4.78 is 28.7. The van der Waals surface area contributed by atoms with Crippen LogP contribution in [0.25, 0.3) is 0 Å². The van der Waals surface area contributed by atoms with Crippen molar-refractivity contribution in [3.8, 4) is 5.75 Å². The third-order valence-electron chi connectivity index (χ3n) is 7.72. The average Bonchev–Trinajstić information content (AvgIpc) is 2.92. The maximum atomic E-state index is 13.0.